The van der Waals surface area contributed by atoms with E-state index < -0.39 is 4.92 Å². The highest BCUT2D eigenvalue weighted by Gasteiger charge is 2.06. The molecule has 1 heterocycles. The van der Waals surface area contributed by atoms with Crippen LogP contribution in [0.2, 0.25) is 0 Å². The van der Waals surface area contributed by atoms with Crippen molar-refractivity contribution >= 4 is 17.3 Å². The molecule has 0 aliphatic heterocycles. The molecule has 0 bridgehead atoms. The van der Waals surface area contributed by atoms with E-state index in [1.54, 1.807) is 24.3 Å². The van der Waals surface area contributed by atoms with Gasteiger partial charge in [-0.05, 0) is 18.2 Å². The summed E-state index contributed by atoms with van der Waals surface area (Å²) < 4.78 is 4.92. The molecule has 0 aliphatic carbocycles. The highest BCUT2D eigenvalue weighted by atomic mass is 16.6. The van der Waals surface area contributed by atoms with E-state index in [9.17, 15) is 14.9 Å². The molecule has 2 rings (SSSR count). The van der Waals surface area contributed by atoms with Crippen molar-refractivity contribution in [2.24, 2.45) is 0 Å². The summed E-state index contributed by atoms with van der Waals surface area (Å²) in [5.74, 6) is 0.215. The van der Waals surface area contributed by atoms with Gasteiger partial charge < -0.3 is 15.4 Å². The van der Waals surface area contributed by atoms with Gasteiger partial charge in [0.2, 0.25) is 5.88 Å². The van der Waals surface area contributed by atoms with Crippen LogP contribution in [0.15, 0.2) is 42.6 Å². The van der Waals surface area contributed by atoms with E-state index in [-0.39, 0.29) is 11.6 Å². The monoisotopic (exact) mass is 316 g/mol. The van der Waals surface area contributed by atoms with Crippen LogP contribution in [0.5, 0.6) is 5.88 Å². The number of hydrogen-bond donors (Lipinski definition) is 2. The summed E-state index contributed by atoms with van der Waals surface area (Å²) in [6.45, 7) is 0.898. The van der Waals surface area contributed by atoms with Crippen molar-refractivity contribution in [3.05, 3.63) is 58.3 Å². The first-order valence-corrected chi connectivity index (χ1v) is 6.86. The fraction of sp³-hybridized carbons (Fsp3) is 0.200. The summed E-state index contributed by atoms with van der Waals surface area (Å²) in [5.41, 5.74) is 1.23. The lowest BCUT2D eigenvalue weighted by Gasteiger charge is -2.08. The first kappa shape index (κ1) is 16.2. The first-order chi connectivity index (χ1) is 11.1. The van der Waals surface area contributed by atoms with Crippen LogP contribution < -0.4 is 15.4 Å². The average molecular weight is 316 g/mol. The number of pyridine rings is 1. The second-order valence-corrected chi connectivity index (χ2v) is 4.58. The summed E-state index contributed by atoms with van der Waals surface area (Å²) in [5, 5.41) is 16.4. The van der Waals surface area contributed by atoms with Crippen molar-refractivity contribution in [2.45, 2.75) is 0 Å². The SMILES string of the molecule is COc1ccc(C(=O)NCCNc2ccc([N+](=O)[O-])cc2)cn1. The number of hydrogen-bond acceptors (Lipinski definition) is 6. The third-order valence-corrected chi connectivity index (χ3v) is 3.03. The number of nitrogens with zero attached hydrogens (tertiary/aromatic N) is 2. The van der Waals surface area contributed by atoms with Crippen LogP contribution in [-0.2, 0) is 0 Å². The fourth-order valence-corrected chi connectivity index (χ4v) is 1.82. The lowest BCUT2D eigenvalue weighted by molar-refractivity contribution is -0.384. The molecular formula is C15H16N4O4. The van der Waals surface area contributed by atoms with Gasteiger partial charge in [-0.25, -0.2) is 4.98 Å². The highest BCUT2D eigenvalue weighted by Crippen LogP contribution is 2.14. The second kappa shape index (κ2) is 7.74. The molecule has 0 fully saturated rings. The molecule has 1 aromatic carbocycles. The lowest BCUT2D eigenvalue weighted by Crippen LogP contribution is -2.28. The van der Waals surface area contributed by atoms with E-state index >= 15 is 0 Å². The van der Waals surface area contributed by atoms with Gasteiger partial charge in [0.25, 0.3) is 11.6 Å². The number of benzene rings is 1. The molecule has 0 saturated carbocycles. The molecule has 0 radical (unpaired) electrons. The molecule has 1 aromatic heterocycles. The summed E-state index contributed by atoms with van der Waals surface area (Å²) in [4.78, 5) is 25.9. The Morgan fingerprint density at radius 3 is 2.52 bits per heavy atom. The maximum atomic E-state index is 11.9. The zero-order valence-corrected chi connectivity index (χ0v) is 12.5. The number of nitro groups is 1. The smallest absolute Gasteiger partial charge is 0.269 e. The summed E-state index contributed by atoms with van der Waals surface area (Å²) in [6, 6.07) is 9.32. The number of aromatic nitrogens is 1. The minimum absolute atomic E-state index is 0.0378. The Morgan fingerprint density at radius 1 is 1.22 bits per heavy atom. The van der Waals surface area contributed by atoms with Gasteiger partial charge in [0, 0.05) is 43.2 Å². The van der Waals surface area contributed by atoms with Crippen LogP contribution in [-0.4, -0.2) is 36.0 Å². The summed E-state index contributed by atoms with van der Waals surface area (Å²) in [6.07, 6.45) is 1.44. The molecule has 8 nitrogen and oxygen atoms in total. The average Bonchev–Trinajstić information content (AvgIpc) is 2.59. The largest absolute Gasteiger partial charge is 0.481 e. The lowest BCUT2D eigenvalue weighted by atomic mass is 10.2. The van der Waals surface area contributed by atoms with E-state index in [1.165, 1.54) is 25.4 Å². The van der Waals surface area contributed by atoms with Gasteiger partial charge in [-0.3, -0.25) is 14.9 Å². The molecule has 120 valence electrons. The van der Waals surface area contributed by atoms with Gasteiger partial charge in [0.1, 0.15) is 0 Å². The molecule has 0 spiro atoms. The number of non-ortho nitro benzene ring substituents is 1. The maximum Gasteiger partial charge on any atom is 0.269 e. The number of rotatable bonds is 7. The predicted octanol–water partition coefficient (Wildman–Crippen LogP) is 1.84. The van der Waals surface area contributed by atoms with Crippen molar-refractivity contribution in [1.29, 1.82) is 0 Å². The van der Waals surface area contributed by atoms with Gasteiger partial charge >= 0.3 is 0 Å². The number of ether oxygens (including phenoxy) is 1. The Kier molecular flexibility index (Phi) is 5.45. The molecule has 0 atom stereocenters. The van der Waals surface area contributed by atoms with Gasteiger partial charge in [0.05, 0.1) is 17.6 Å². The maximum absolute atomic E-state index is 11.9. The number of nitro benzene ring substituents is 1. The van der Waals surface area contributed by atoms with Crippen molar-refractivity contribution in [3.8, 4) is 5.88 Å². The minimum Gasteiger partial charge on any atom is -0.481 e. The van der Waals surface area contributed by atoms with Crippen LogP contribution >= 0.6 is 0 Å². The number of nitrogens with one attached hydrogen (secondary N) is 2. The van der Waals surface area contributed by atoms with Crippen molar-refractivity contribution in [1.82, 2.24) is 10.3 Å². The van der Waals surface area contributed by atoms with Crippen molar-refractivity contribution in [2.75, 3.05) is 25.5 Å². The Labute approximate surface area is 132 Å². The van der Waals surface area contributed by atoms with Crippen LogP contribution in [0.3, 0.4) is 0 Å². The minimum atomic E-state index is -0.451. The number of carbonyl (C=O) groups is 1. The van der Waals surface area contributed by atoms with Crippen LogP contribution in [0.4, 0.5) is 11.4 Å². The fourth-order valence-electron chi connectivity index (χ4n) is 1.82. The molecule has 0 aliphatic rings. The van der Waals surface area contributed by atoms with Gasteiger partial charge in [-0.2, -0.15) is 0 Å². The van der Waals surface area contributed by atoms with Crippen molar-refractivity contribution < 1.29 is 14.5 Å². The summed E-state index contributed by atoms with van der Waals surface area (Å²) in [7, 11) is 1.51. The number of anilines is 1. The van der Waals surface area contributed by atoms with Gasteiger partial charge in [-0.1, -0.05) is 0 Å². The number of amides is 1. The van der Waals surface area contributed by atoms with Crippen LogP contribution in [0.1, 0.15) is 10.4 Å². The third-order valence-electron chi connectivity index (χ3n) is 3.03. The molecular weight excluding hydrogens is 300 g/mol. The quantitative estimate of drug-likeness (QED) is 0.458. The zero-order valence-electron chi connectivity index (χ0n) is 12.5. The standard InChI is InChI=1S/C15H16N4O4/c1-23-14-7-2-11(10-18-14)15(20)17-9-8-16-12-3-5-13(6-4-12)19(21)22/h2-7,10,16H,8-9H2,1H3,(H,17,20). The molecule has 2 N–H and O–H groups in total. The number of carbonyl (C=O) groups excluding carboxylic acids is 1. The Bertz CT molecular complexity index is 671. The van der Waals surface area contributed by atoms with E-state index in [0.717, 1.165) is 5.69 Å². The topological polar surface area (TPSA) is 106 Å². The molecule has 8 heteroatoms. The van der Waals surface area contributed by atoms with E-state index in [1.807, 2.05) is 0 Å². The van der Waals surface area contributed by atoms with Gasteiger partial charge in [0.15, 0.2) is 0 Å². The van der Waals surface area contributed by atoms with Crippen molar-refractivity contribution in [3.63, 3.8) is 0 Å². The van der Waals surface area contributed by atoms with Crippen LogP contribution in [0.25, 0.3) is 0 Å². The Hall–Kier alpha value is -3.16. The normalized spacial score (nSPS) is 9.96. The van der Waals surface area contributed by atoms with Gasteiger partial charge in [-0.15, -0.1) is 0 Å². The predicted molar refractivity (Wildman–Crippen MR) is 84.7 cm³/mol. The highest BCUT2D eigenvalue weighted by molar-refractivity contribution is 5.93. The Balaban J connectivity index is 1.75. The van der Waals surface area contributed by atoms with Crippen LogP contribution in [0, 0.1) is 10.1 Å². The second-order valence-electron chi connectivity index (χ2n) is 4.58. The van der Waals surface area contributed by atoms with E-state index in [2.05, 4.69) is 15.6 Å². The molecule has 23 heavy (non-hydrogen) atoms. The Morgan fingerprint density at radius 2 is 1.96 bits per heavy atom. The molecule has 1 amide bonds. The third kappa shape index (κ3) is 4.67. The molecule has 0 saturated heterocycles. The summed E-state index contributed by atoms with van der Waals surface area (Å²) >= 11 is 0. The zero-order chi connectivity index (χ0) is 16.7. The molecule has 0 unspecified atom stereocenters. The number of methoxy groups -OCH3 is 1. The van der Waals surface area contributed by atoms with E-state index in [0.29, 0.717) is 24.5 Å². The first-order valence-electron chi connectivity index (χ1n) is 6.86. The molecule has 2 aromatic rings. The van der Waals surface area contributed by atoms with E-state index in [4.69, 9.17) is 4.74 Å².